The summed E-state index contributed by atoms with van der Waals surface area (Å²) in [5.41, 5.74) is 3.99. The molecule has 144 valence electrons. The Kier molecular flexibility index (Phi) is 6.04. The largest absolute Gasteiger partial charge is 0.507 e. The van der Waals surface area contributed by atoms with Crippen LogP contribution in [0.15, 0.2) is 40.6 Å². The van der Waals surface area contributed by atoms with Gasteiger partial charge < -0.3 is 9.84 Å². The van der Waals surface area contributed by atoms with E-state index in [0.29, 0.717) is 11.3 Å². The van der Waals surface area contributed by atoms with Crippen LogP contribution in [0.4, 0.5) is 11.4 Å². The molecule has 0 aromatic heterocycles. The fraction of sp³-hybridized carbons (Fsp3) is 0.409. The van der Waals surface area contributed by atoms with Crippen LogP contribution in [0.2, 0.25) is 0 Å². The second-order valence-electron chi connectivity index (χ2n) is 8.01. The van der Waals surface area contributed by atoms with E-state index in [0.717, 1.165) is 11.3 Å². The summed E-state index contributed by atoms with van der Waals surface area (Å²) in [5.74, 6) is -0.671. The Balaban J connectivity index is 2.38. The number of esters is 1. The number of azo groups is 1. The molecule has 0 aliphatic carbocycles. The normalized spacial score (nSPS) is 12.0. The minimum atomic E-state index is -0.564. The van der Waals surface area contributed by atoms with Gasteiger partial charge in [0.1, 0.15) is 11.3 Å². The van der Waals surface area contributed by atoms with Gasteiger partial charge in [-0.05, 0) is 68.0 Å². The highest BCUT2D eigenvalue weighted by atomic mass is 16.5. The molecule has 0 bridgehead atoms. The number of phenols is 1. The van der Waals surface area contributed by atoms with E-state index >= 15 is 0 Å². The average molecular weight is 368 g/mol. The van der Waals surface area contributed by atoms with E-state index in [2.05, 4.69) is 31.0 Å². The van der Waals surface area contributed by atoms with E-state index in [1.807, 2.05) is 31.2 Å². The van der Waals surface area contributed by atoms with Gasteiger partial charge in [-0.15, -0.1) is 5.11 Å². The molecule has 2 aromatic rings. The Morgan fingerprint density at radius 3 is 2.19 bits per heavy atom. The lowest BCUT2D eigenvalue weighted by molar-refractivity contribution is 0.0374. The molecule has 2 rings (SSSR count). The molecule has 0 amide bonds. The van der Waals surface area contributed by atoms with Crippen molar-refractivity contribution in [3.63, 3.8) is 0 Å². The number of hydrogen-bond donors (Lipinski definition) is 1. The van der Waals surface area contributed by atoms with Crippen LogP contribution < -0.4 is 0 Å². The minimum absolute atomic E-state index is 0.0749. The monoisotopic (exact) mass is 368 g/mol. The highest BCUT2D eigenvalue weighted by molar-refractivity contribution is 5.96. The quantitative estimate of drug-likeness (QED) is 0.509. The second kappa shape index (κ2) is 7.91. The van der Waals surface area contributed by atoms with Crippen molar-refractivity contribution in [3.05, 3.63) is 52.6 Å². The van der Waals surface area contributed by atoms with Gasteiger partial charge in [0.2, 0.25) is 0 Å². The van der Waals surface area contributed by atoms with Crippen LogP contribution >= 0.6 is 0 Å². The highest BCUT2D eigenvalue weighted by Crippen LogP contribution is 2.35. The number of phenolic OH excluding ortho intramolecular Hbond substituents is 1. The molecule has 0 saturated heterocycles. The van der Waals surface area contributed by atoms with E-state index in [1.54, 1.807) is 20.8 Å². The van der Waals surface area contributed by atoms with Crippen molar-refractivity contribution in [1.29, 1.82) is 0 Å². The van der Waals surface area contributed by atoms with E-state index in [-0.39, 0.29) is 22.8 Å². The van der Waals surface area contributed by atoms with E-state index in [9.17, 15) is 9.90 Å². The van der Waals surface area contributed by atoms with Gasteiger partial charge in [0.15, 0.2) is 0 Å². The molecule has 1 N–H and O–H groups in total. The fourth-order valence-electron chi connectivity index (χ4n) is 2.77. The van der Waals surface area contributed by atoms with Gasteiger partial charge in [0, 0.05) is 0 Å². The lowest BCUT2D eigenvalue weighted by atomic mass is 9.87. The van der Waals surface area contributed by atoms with Crippen molar-refractivity contribution in [2.24, 2.45) is 10.2 Å². The maximum absolute atomic E-state index is 12.3. The van der Waals surface area contributed by atoms with Gasteiger partial charge in [-0.3, -0.25) is 0 Å². The van der Waals surface area contributed by atoms with Crippen molar-refractivity contribution >= 4 is 17.3 Å². The molecule has 0 aliphatic heterocycles. The SMILES string of the molecule is Cc1cc(O)c(C(=O)OC(C)C)c(C)c1N=Nc1ccc(C(C)(C)C)cc1. The number of aryl methyl sites for hydroxylation is 1. The molecule has 5 nitrogen and oxygen atoms in total. The predicted molar refractivity (Wildman–Crippen MR) is 107 cm³/mol. The Bertz CT molecular complexity index is 861. The maximum atomic E-state index is 12.3. The van der Waals surface area contributed by atoms with Crippen molar-refractivity contribution < 1.29 is 14.6 Å². The third kappa shape index (κ3) is 4.94. The van der Waals surface area contributed by atoms with Crippen LogP contribution in [0.1, 0.15) is 61.7 Å². The van der Waals surface area contributed by atoms with Gasteiger partial charge in [0.05, 0.1) is 17.5 Å². The summed E-state index contributed by atoms with van der Waals surface area (Å²) < 4.78 is 5.23. The lowest BCUT2D eigenvalue weighted by Gasteiger charge is -2.18. The van der Waals surface area contributed by atoms with Crippen LogP contribution in [0, 0.1) is 13.8 Å². The summed E-state index contributed by atoms with van der Waals surface area (Å²) in [5, 5.41) is 18.8. The summed E-state index contributed by atoms with van der Waals surface area (Å²) in [6.45, 7) is 13.6. The maximum Gasteiger partial charge on any atom is 0.342 e. The first-order valence-electron chi connectivity index (χ1n) is 9.07. The van der Waals surface area contributed by atoms with E-state index in [1.165, 1.54) is 11.6 Å². The molecule has 0 aliphatic rings. The molecular formula is C22H28N2O3. The minimum Gasteiger partial charge on any atom is -0.507 e. The molecule has 2 aromatic carbocycles. The molecule has 0 radical (unpaired) electrons. The predicted octanol–water partition coefficient (Wildman–Crippen LogP) is 6.29. The topological polar surface area (TPSA) is 71.2 Å². The zero-order chi connectivity index (χ0) is 20.4. The number of ether oxygens (including phenoxy) is 1. The van der Waals surface area contributed by atoms with Gasteiger partial charge >= 0.3 is 5.97 Å². The number of carbonyl (C=O) groups excluding carboxylic acids is 1. The van der Waals surface area contributed by atoms with E-state index in [4.69, 9.17) is 4.74 Å². The van der Waals surface area contributed by atoms with Crippen molar-refractivity contribution in [1.82, 2.24) is 0 Å². The molecule has 0 heterocycles. The van der Waals surface area contributed by atoms with Gasteiger partial charge in [-0.25, -0.2) is 4.79 Å². The summed E-state index contributed by atoms with van der Waals surface area (Å²) in [7, 11) is 0. The Morgan fingerprint density at radius 2 is 1.67 bits per heavy atom. The van der Waals surface area contributed by atoms with Crippen molar-refractivity contribution in [2.75, 3.05) is 0 Å². The van der Waals surface area contributed by atoms with Gasteiger partial charge in [0.25, 0.3) is 0 Å². The first-order chi connectivity index (χ1) is 12.5. The second-order valence-corrected chi connectivity index (χ2v) is 8.01. The molecule has 0 fully saturated rings. The Labute approximate surface area is 161 Å². The molecule has 0 spiro atoms. The number of benzene rings is 2. The number of hydrogen-bond acceptors (Lipinski definition) is 5. The molecule has 5 heteroatoms. The zero-order valence-electron chi connectivity index (χ0n) is 17.1. The van der Waals surface area contributed by atoms with Crippen LogP contribution in [-0.2, 0) is 10.2 Å². The summed E-state index contributed by atoms with van der Waals surface area (Å²) in [6.07, 6.45) is -0.274. The summed E-state index contributed by atoms with van der Waals surface area (Å²) >= 11 is 0. The van der Waals surface area contributed by atoms with Gasteiger partial charge in [-0.2, -0.15) is 5.11 Å². The molecule has 0 saturated carbocycles. The highest BCUT2D eigenvalue weighted by Gasteiger charge is 2.21. The molecule has 0 unspecified atom stereocenters. The zero-order valence-corrected chi connectivity index (χ0v) is 17.1. The Hall–Kier alpha value is -2.69. The molecular weight excluding hydrogens is 340 g/mol. The number of nitrogens with zero attached hydrogens (tertiary/aromatic N) is 2. The smallest absolute Gasteiger partial charge is 0.342 e. The summed E-state index contributed by atoms with van der Waals surface area (Å²) in [6, 6.07) is 9.43. The lowest BCUT2D eigenvalue weighted by Crippen LogP contribution is -2.13. The Morgan fingerprint density at radius 1 is 1.07 bits per heavy atom. The number of aromatic hydroxyl groups is 1. The first-order valence-corrected chi connectivity index (χ1v) is 9.07. The third-order valence-corrected chi connectivity index (χ3v) is 4.26. The first kappa shape index (κ1) is 20.6. The molecule has 0 atom stereocenters. The number of carbonyl (C=O) groups is 1. The number of rotatable bonds is 4. The standard InChI is InChI=1S/C22H28N2O3/c1-13(2)27-21(26)19-15(4)20(14(3)12-18(19)25)24-23-17-10-8-16(9-11-17)22(5,6)7/h8-13,25H,1-7H3. The average Bonchev–Trinajstić information content (AvgIpc) is 2.53. The molecule has 27 heavy (non-hydrogen) atoms. The van der Waals surface area contributed by atoms with E-state index < -0.39 is 5.97 Å². The van der Waals surface area contributed by atoms with Crippen LogP contribution in [0.5, 0.6) is 5.75 Å². The van der Waals surface area contributed by atoms with Crippen molar-refractivity contribution in [2.45, 2.75) is 60.0 Å². The van der Waals surface area contributed by atoms with Crippen LogP contribution in [0.3, 0.4) is 0 Å². The van der Waals surface area contributed by atoms with Crippen LogP contribution in [0.25, 0.3) is 0 Å². The van der Waals surface area contributed by atoms with Crippen molar-refractivity contribution in [3.8, 4) is 5.75 Å². The third-order valence-electron chi connectivity index (χ3n) is 4.26. The fourth-order valence-corrected chi connectivity index (χ4v) is 2.77. The van der Waals surface area contributed by atoms with Gasteiger partial charge in [-0.1, -0.05) is 32.9 Å². The van der Waals surface area contributed by atoms with Crippen LogP contribution in [-0.4, -0.2) is 17.2 Å². The summed E-state index contributed by atoms with van der Waals surface area (Å²) in [4.78, 5) is 12.3.